The van der Waals surface area contributed by atoms with Gasteiger partial charge in [-0.05, 0) is 37.3 Å². The van der Waals surface area contributed by atoms with E-state index in [1.807, 2.05) is 6.07 Å². The molecule has 0 spiro atoms. The molecule has 0 atom stereocenters. The maximum absolute atomic E-state index is 13.0. The number of rotatable bonds is 3. The number of carbonyl (C=O) groups excluding carboxylic acids is 1. The SMILES string of the molecule is CC(=O)c1ccc(Sc2cccc(F)c2)c(Cl)c1. The van der Waals surface area contributed by atoms with Gasteiger partial charge in [-0.25, -0.2) is 4.39 Å². The first kappa shape index (κ1) is 13.1. The molecule has 4 heteroatoms. The lowest BCUT2D eigenvalue weighted by Gasteiger charge is -2.05. The van der Waals surface area contributed by atoms with Crippen LogP contribution in [0.3, 0.4) is 0 Å². The number of carbonyl (C=O) groups is 1. The van der Waals surface area contributed by atoms with Crippen LogP contribution in [0.2, 0.25) is 5.02 Å². The van der Waals surface area contributed by atoms with Gasteiger partial charge in [0, 0.05) is 15.4 Å². The van der Waals surface area contributed by atoms with E-state index in [0.29, 0.717) is 10.6 Å². The minimum absolute atomic E-state index is 0.0285. The third-order valence-corrected chi connectivity index (χ3v) is 3.85. The minimum Gasteiger partial charge on any atom is -0.295 e. The molecule has 2 rings (SSSR count). The number of halogens is 2. The van der Waals surface area contributed by atoms with Gasteiger partial charge >= 0.3 is 0 Å². The zero-order valence-corrected chi connectivity index (χ0v) is 11.2. The molecule has 0 aromatic heterocycles. The van der Waals surface area contributed by atoms with Gasteiger partial charge in [0.15, 0.2) is 5.78 Å². The van der Waals surface area contributed by atoms with Crippen LogP contribution in [0, 0.1) is 5.82 Å². The zero-order valence-electron chi connectivity index (χ0n) is 9.61. The van der Waals surface area contributed by atoms with Crippen molar-refractivity contribution in [3.63, 3.8) is 0 Å². The predicted molar refractivity (Wildman–Crippen MR) is 72.0 cm³/mol. The second kappa shape index (κ2) is 5.55. The number of ketones is 1. The first-order chi connectivity index (χ1) is 8.56. The van der Waals surface area contributed by atoms with Crippen LogP contribution in [-0.4, -0.2) is 5.78 Å². The Morgan fingerprint density at radius 2 is 2.00 bits per heavy atom. The Kier molecular flexibility index (Phi) is 4.04. The van der Waals surface area contributed by atoms with E-state index in [9.17, 15) is 9.18 Å². The first-order valence-electron chi connectivity index (χ1n) is 5.30. The summed E-state index contributed by atoms with van der Waals surface area (Å²) in [5, 5.41) is 0.497. The maximum atomic E-state index is 13.0. The highest BCUT2D eigenvalue weighted by Crippen LogP contribution is 2.34. The molecule has 0 unspecified atom stereocenters. The molecule has 0 N–H and O–H groups in total. The Morgan fingerprint density at radius 3 is 2.61 bits per heavy atom. The molecule has 0 aliphatic heterocycles. The number of hydrogen-bond donors (Lipinski definition) is 0. The Balaban J connectivity index is 2.27. The van der Waals surface area contributed by atoms with Crippen LogP contribution in [0.15, 0.2) is 52.3 Å². The van der Waals surface area contributed by atoms with E-state index in [1.165, 1.54) is 30.8 Å². The van der Waals surface area contributed by atoms with Crippen molar-refractivity contribution < 1.29 is 9.18 Å². The highest BCUT2D eigenvalue weighted by atomic mass is 35.5. The van der Waals surface area contributed by atoms with Crippen LogP contribution in [0.4, 0.5) is 4.39 Å². The van der Waals surface area contributed by atoms with Gasteiger partial charge in [0.25, 0.3) is 0 Å². The van der Waals surface area contributed by atoms with Crippen molar-refractivity contribution in [1.29, 1.82) is 0 Å². The van der Waals surface area contributed by atoms with E-state index in [4.69, 9.17) is 11.6 Å². The molecule has 1 nitrogen and oxygen atoms in total. The van der Waals surface area contributed by atoms with Crippen molar-refractivity contribution >= 4 is 29.1 Å². The van der Waals surface area contributed by atoms with Crippen molar-refractivity contribution in [2.45, 2.75) is 16.7 Å². The van der Waals surface area contributed by atoms with E-state index in [1.54, 1.807) is 24.3 Å². The van der Waals surface area contributed by atoms with Crippen molar-refractivity contribution in [1.82, 2.24) is 0 Å². The summed E-state index contributed by atoms with van der Waals surface area (Å²) in [5.74, 6) is -0.310. The molecular weight excluding hydrogens is 271 g/mol. The highest BCUT2D eigenvalue weighted by molar-refractivity contribution is 7.99. The van der Waals surface area contributed by atoms with Crippen molar-refractivity contribution in [2.75, 3.05) is 0 Å². The van der Waals surface area contributed by atoms with Gasteiger partial charge in [0.2, 0.25) is 0 Å². The normalized spacial score (nSPS) is 10.4. The average Bonchev–Trinajstić information content (AvgIpc) is 2.31. The van der Waals surface area contributed by atoms with Gasteiger partial charge in [-0.15, -0.1) is 0 Å². The Bertz CT molecular complexity index is 598. The molecule has 0 fully saturated rings. The van der Waals surface area contributed by atoms with E-state index < -0.39 is 0 Å². The zero-order chi connectivity index (χ0) is 13.1. The molecule has 2 aromatic rings. The standard InChI is InChI=1S/C14H10ClFOS/c1-9(17)10-5-6-14(13(15)7-10)18-12-4-2-3-11(16)8-12/h2-8H,1H3. The molecule has 0 saturated carbocycles. The highest BCUT2D eigenvalue weighted by Gasteiger charge is 2.07. The minimum atomic E-state index is -0.281. The van der Waals surface area contributed by atoms with E-state index in [2.05, 4.69) is 0 Å². The first-order valence-corrected chi connectivity index (χ1v) is 6.49. The Labute approximate surface area is 114 Å². The Hall–Kier alpha value is -1.32. The van der Waals surface area contributed by atoms with Gasteiger partial charge in [-0.1, -0.05) is 35.5 Å². The van der Waals surface area contributed by atoms with Gasteiger partial charge in [0.05, 0.1) is 5.02 Å². The van der Waals surface area contributed by atoms with Crippen LogP contribution < -0.4 is 0 Å². The molecule has 0 saturated heterocycles. The lowest BCUT2D eigenvalue weighted by molar-refractivity contribution is 0.101. The summed E-state index contributed by atoms with van der Waals surface area (Å²) in [5.41, 5.74) is 0.573. The Morgan fingerprint density at radius 1 is 1.22 bits per heavy atom. The molecule has 2 aromatic carbocycles. The second-order valence-electron chi connectivity index (χ2n) is 3.76. The third-order valence-electron chi connectivity index (χ3n) is 2.36. The fourth-order valence-corrected chi connectivity index (χ4v) is 2.62. The number of benzene rings is 2. The van der Waals surface area contributed by atoms with E-state index in [-0.39, 0.29) is 11.6 Å². The summed E-state index contributed by atoms with van der Waals surface area (Å²) in [6, 6.07) is 11.4. The van der Waals surface area contributed by atoms with Crippen molar-refractivity contribution in [2.24, 2.45) is 0 Å². The van der Waals surface area contributed by atoms with Crippen LogP contribution in [0.1, 0.15) is 17.3 Å². The van der Waals surface area contributed by atoms with Crippen molar-refractivity contribution in [3.8, 4) is 0 Å². The monoisotopic (exact) mass is 280 g/mol. The topological polar surface area (TPSA) is 17.1 Å². The summed E-state index contributed by atoms with van der Waals surface area (Å²) in [4.78, 5) is 12.8. The molecule has 92 valence electrons. The van der Waals surface area contributed by atoms with E-state index >= 15 is 0 Å². The average molecular weight is 281 g/mol. The molecule has 0 amide bonds. The van der Waals surface area contributed by atoms with Gasteiger partial charge in [-0.2, -0.15) is 0 Å². The molecule has 0 aliphatic rings. The van der Waals surface area contributed by atoms with Crippen LogP contribution in [-0.2, 0) is 0 Å². The largest absolute Gasteiger partial charge is 0.295 e. The summed E-state index contributed by atoms with van der Waals surface area (Å²) in [6.45, 7) is 1.49. The lowest BCUT2D eigenvalue weighted by atomic mass is 10.1. The molecule has 0 bridgehead atoms. The summed E-state index contributed by atoms with van der Waals surface area (Å²) >= 11 is 7.46. The lowest BCUT2D eigenvalue weighted by Crippen LogP contribution is -1.91. The van der Waals surface area contributed by atoms with Crippen LogP contribution >= 0.6 is 23.4 Å². The fraction of sp³-hybridized carbons (Fsp3) is 0.0714. The fourth-order valence-electron chi connectivity index (χ4n) is 1.46. The summed E-state index contributed by atoms with van der Waals surface area (Å²) in [6.07, 6.45) is 0. The second-order valence-corrected chi connectivity index (χ2v) is 5.28. The van der Waals surface area contributed by atoms with Crippen LogP contribution in [0.5, 0.6) is 0 Å². The quantitative estimate of drug-likeness (QED) is 0.749. The number of hydrogen-bond acceptors (Lipinski definition) is 2. The summed E-state index contributed by atoms with van der Waals surface area (Å²) in [7, 11) is 0. The van der Waals surface area contributed by atoms with Gasteiger partial charge < -0.3 is 0 Å². The van der Waals surface area contributed by atoms with Crippen molar-refractivity contribution in [3.05, 3.63) is 58.9 Å². The third kappa shape index (κ3) is 3.12. The molecule has 0 radical (unpaired) electrons. The molecular formula is C14H10ClFOS. The van der Waals surface area contributed by atoms with Crippen LogP contribution in [0.25, 0.3) is 0 Å². The van der Waals surface area contributed by atoms with Gasteiger partial charge in [0.1, 0.15) is 5.82 Å². The predicted octanol–water partition coefficient (Wildman–Crippen LogP) is 4.83. The maximum Gasteiger partial charge on any atom is 0.159 e. The molecule has 0 aliphatic carbocycles. The summed E-state index contributed by atoms with van der Waals surface area (Å²) < 4.78 is 13.0. The molecule has 18 heavy (non-hydrogen) atoms. The van der Waals surface area contributed by atoms with Gasteiger partial charge in [-0.3, -0.25) is 4.79 Å². The number of Topliss-reactive ketones (excluding diaryl/α,β-unsaturated/α-hetero) is 1. The molecule has 0 heterocycles. The van der Waals surface area contributed by atoms with E-state index in [0.717, 1.165) is 9.79 Å². The smallest absolute Gasteiger partial charge is 0.159 e.